The molecule has 1 aliphatic rings. The van der Waals surface area contributed by atoms with Gasteiger partial charge in [-0.25, -0.2) is 9.59 Å². The maximum atomic E-state index is 12.1. The average Bonchev–Trinajstić information content (AvgIpc) is 2.70. The van der Waals surface area contributed by atoms with Crippen molar-refractivity contribution in [3.8, 4) is 0 Å². The highest BCUT2D eigenvalue weighted by atomic mass is 79.9. The maximum Gasteiger partial charge on any atom is 0.327 e. The molecule has 0 aromatic carbocycles. The number of carbonyl (C=O) groups is 2. The number of halogens is 1. The summed E-state index contributed by atoms with van der Waals surface area (Å²) in [4.78, 5) is 24.6. The summed E-state index contributed by atoms with van der Waals surface area (Å²) in [6, 6.07) is -1.11. The van der Waals surface area contributed by atoms with E-state index in [1.54, 1.807) is 0 Å². The van der Waals surface area contributed by atoms with Crippen molar-refractivity contribution in [2.24, 2.45) is 5.92 Å². The molecule has 7 heteroatoms. The van der Waals surface area contributed by atoms with Crippen LogP contribution in [-0.4, -0.2) is 45.7 Å². The summed E-state index contributed by atoms with van der Waals surface area (Å²) in [7, 11) is 0. The van der Waals surface area contributed by atoms with Crippen LogP contribution in [0.1, 0.15) is 13.8 Å². The molecule has 0 radical (unpaired) electrons. The topological polar surface area (TPSA) is 69.6 Å². The van der Waals surface area contributed by atoms with Gasteiger partial charge in [-0.3, -0.25) is 4.90 Å². The largest absolute Gasteiger partial charge is 0.480 e. The second kappa shape index (κ2) is 6.47. The van der Waals surface area contributed by atoms with E-state index < -0.39 is 12.0 Å². The van der Waals surface area contributed by atoms with Crippen LogP contribution in [0.25, 0.3) is 0 Å². The Morgan fingerprint density at radius 3 is 2.67 bits per heavy atom. The molecule has 2 atom stereocenters. The molecule has 2 unspecified atom stereocenters. The number of nitrogens with zero attached hydrogens (tertiary/aromatic N) is 1. The Balaban J connectivity index is 2.79. The van der Waals surface area contributed by atoms with Crippen molar-refractivity contribution in [1.82, 2.24) is 10.2 Å². The van der Waals surface area contributed by atoms with E-state index in [0.717, 1.165) is 0 Å². The van der Waals surface area contributed by atoms with Crippen LogP contribution < -0.4 is 5.32 Å². The molecule has 18 heavy (non-hydrogen) atoms. The molecular formula is C11H17BrN2O3S. The number of thioether (sulfide) groups is 1. The van der Waals surface area contributed by atoms with Gasteiger partial charge in [-0.2, -0.15) is 0 Å². The van der Waals surface area contributed by atoms with Crippen molar-refractivity contribution in [1.29, 1.82) is 0 Å². The fraction of sp³-hybridized carbons (Fsp3) is 0.636. The first kappa shape index (κ1) is 15.4. The van der Waals surface area contributed by atoms with Gasteiger partial charge < -0.3 is 10.4 Å². The van der Waals surface area contributed by atoms with E-state index >= 15 is 0 Å². The Bertz CT molecular complexity index is 362. The Hall–Kier alpha value is -0.690. The molecule has 2 amide bonds. The van der Waals surface area contributed by atoms with E-state index in [4.69, 9.17) is 5.11 Å². The lowest BCUT2D eigenvalue weighted by atomic mass is 10.2. The monoisotopic (exact) mass is 336 g/mol. The summed E-state index contributed by atoms with van der Waals surface area (Å²) in [5, 5.41) is 11.7. The third-order valence-electron chi connectivity index (χ3n) is 2.56. The Labute approximate surface area is 119 Å². The molecule has 1 heterocycles. The van der Waals surface area contributed by atoms with Gasteiger partial charge in [-0.15, -0.1) is 11.8 Å². The van der Waals surface area contributed by atoms with Gasteiger partial charge in [0.05, 0.1) is 11.9 Å². The minimum Gasteiger partial charge on any atom is -0.480 e. The molecule has 1 fully saturated rings. The number of aliphatic carboxylic acids is 1. The van der Waals surface area contributed by atoms with Gasteiger partial charge >= 0.3 is 12.0 Å². The van der Waals surface area contributed by atoms with Gasteiger partial charge in [0.2, 0.25) is 0 Å². The zero-order chi connectivity index (χ0) is 13.9. The predicted molar refractivity (Wildman–Crippen MR) is 75.8 cm³/mol. The van der Waals surface area contributed by atoms with Crippen LogP contribution in [0.5, 0.6) is 0 Å². The lowest BCUT2D eigenvalue weighted by Gasteiger charge is -2.29. The van der Waals surface area contributed by atoms with Crippen molar-refractivity contribution in [3.05, 3.63) is 11.1 Å². The molecule has 0 bridgehead atoms. The minimum atomic E-state index is -0.960. The third-order valence-corrected chi connectivity index (χ3v) is 4.46. The van der Waals surface area contributed by atoms with E-state index in [9.17, 15) is 9.59 Å². The van der Waals surface area contributed by atoms with Crippen molar-refractivity contribution < 1.29 is 14.7 Å². The number of carboxylic acids is 1. The molecule has 1 rings (SSSR count). The van der Waals surface area contributed by atoms with Crippen LogP contribution in [-0.2, 0) is 4.79 Å². The summed E-state index contributed by atoms with van der Waals surface area (Å²) in [6.45, 7) is 7.87. The number of carboxylic acid groups (broad SMARTS) is 1. The molecular weight excluding hydrogens is 320 g/mol. The lowest BCUT2D eigenvalue weighted by molar-refractivity contribution is -0.141. The number of hydrogen-bond acceptors (Lipinski definition) is 3. The van der Waals surface area contributed by atoms with Gasteiger partial charge in [0.15, 0.2) is 0 Å². The smallest absolute Gasteiger partial charge is 0.327 e. The van der Waals surface area contributed by atoms with E-state index in [2.05, 4.69) is 27.8 Å². The molecule has 0 aromatic heterocycles. The first-order chi connectivity index (χ1) is 8.34. The minimum absolute atomic E-state index is 0.102. The molecule has 5 nitrogen and oxygen atoms in total. The second-order valence-corrected chi connectivity index (χ2v) is 6.68. The summed E-state index contributed by atoms with van der Waals surface area (Å²) >= 11 is 4.66. The van der Waals surface area contributed by atoms with Gasteiger partial charge in [-0.1, -0.05) is 36.4 Å². The quantitative estimate of drug-likeness (QED) is 0.824. The van der Waals surface area contributed by atoms with Crippen molar-refractivity contribution in [2.75, 3.05) is 12.3 Å². The van der Waals surface area contributed by atoms with Crippen LogP contribution in [0.4, 0.5) is 4.79 Å². The second-order valence-electron chi connectivity index (χ2n) is 4.41. The molecule has 2 N–H and O–H groups in total. The van der Waals surface area contributed by atoms with Crippen molar-refractivity contribution in [2.45, 2.75) is 25.3 Å². The van der Waals surface area contributed by atoms with Crippen molar-refractivity contribution >= 4 is 39.7 Å². The predicted octanol–water partition coefficient (Wildman–Crippen LogP) is 2.09. The average molecular weight is 337 g/mol. The summed E-state index contributed by atoms with van der Waals surface area (Å²) < 4.78 is 0.649. The van der Waals surface area contributed by atoms with Crippen LogP contribution in [0, 0.1) is 5.92 Å². The first-order valence-corrected chi connectivity index (χ1v) is 7.42. The normalized spacial score (nSPS) is 23.2. The molecule has 102 valence electrons. The molecule has 1 aliphatic heterocycles. The van der Waals surface area contributed by atoms with Crippen molar-refractivity contribution in [3.63, 3.8) is 0 Å². The first-order valence-electron chi connectivity index (χ1n) is 5.58. The third kappa shape index (κ3) is 3.65. The fourth-order valence-corrected chi connectivity index (χ4v) is 3.36. The summed E-state index contributed by atoms with van der Waals surface area (Å²) in [5.41, 5.74) is 0. The zero-order valence-electron chi connectivity index (χ0n) is 10.4. The SMILES string of the molecule is C=C(Br)CNC(=O)N1C(C(=O)O)CSC1C(C)C. The molecule has 0 spiro atoms. The molecule has 0 saturated carbocycles. The van der Waals surface area contributed by atoms with E-state index in [1.165, 1.54) is 16.7 Å². The summed E-state index contributed by atoms with van der Waals surface area (Å²) in [5.74, 6) is -0.323. The number of hydrogen-bond donors (Lipinski definition) is 2. The Kier molecular flexibility index (Phi) is 5.52. The zero-order valence-corrected chi connectivity index (χ0v) is 12.8. The maximum absolute atomic E-state index is 12.1. The number of rotatable bonds is 4. The number of urea groups is 1. The lowest BCUT2D eigenvalue weighted by Crippen LogP contribution is -2.51. The molecule has 0 aliphatic carbocycles. The van der Waals surface area contributed by atoms with Crippen LogP contribution in [0.15, 0.2) is 11.1 Å². The van der Waals surface area contributed by atoms with Crippen LogP contribution >= 0.6 is 27.7 Å². The van der Waals surface area contributed by atoms with Gasteiger partial charge in [-0.05, 0) is 5.92 Å². The van der Waals surface area contributed by atoms with Gasteiger partial charge in [0.1, 0.15) is 6.04 Å². The molecule has 0 aromatic rings. The standard InChI is InChI=1S/C11H17BrN2O3S/c1-6(2)9-14(8(5-18-9)10(15)16)11(17)13-4-7(3)12/h6,8-9H,3-5H2,1-2H3,(H,13,17)(H,15,16). The van der Waals surface area contributed by atoms with E-state index in [-0.39, 0.29) is 23.9 Å². The van der Waals surface area contributed by atoms with Gasteiger partial charge in [0, 0.05) is 10.2 Å². The highest BCUT2D eigenvalue weighted by Crippen LogP contribution is 2.34. The van der Waals surface area contributed by atoms with Gasteiger partial charge in [0.25, 0.3) is 0 Å². The highest BCUT2D eigenvalue weighted by Gasteiger charge is 2.42. The number of carbonyl (C=O) groups excluding carboxylic acids is 1. The highest BCUT2D eigenvalue weighted by molar-refractivity contribution is 9.11. The number of nitrogens with one attached hydrogen (secondary N) is 1. The fourth-order valence-electron chi connectivity index (χ4n) is 1.75. The Morgan fingerprint density at radius 1 is 1.61 bits per heavy atom. The van der Waals surface area contributed by atoms with E-state index in [0.29, 0.717) is 10.2 Å². The number of amides is 2. The summed E-state index contributed by atoms with van der Waals surface area (Å²) in [6.07, 6.45) is 0. The van der Waals surface area contributed by atoms with E-state index in [1.807, 2.05) is 13.8 Å². The van der Waals surface area contributed by atoms with Crippen LogP contribution in [0.2, 0.25) is 0 Å². The Morgan fingerprint density at radius 2 is 2.22 bits per heavy atom. The molecule has 1 saturated heterocycles. The van der Waals surface area contributed by atoms with Crippen LogP contribution in [0.3, 0.4) is 0 Å².